The number of nitrogens with one attached hydrogen (secondary N) is 1. The van der Waals surface area contributed by atoms with E-state index in [2.05, 4.69) is 10.5 Å². The molecule has 0 aromatic carbocycles. The maximum Gasteiger partial charge on any atom is 0.102 e. The molecule has 1 heterocycles. The molecule has 1 rings (SSSR count). The molecule has 0 atom stereocenters. The molecule has 1 saturated heterocycles. The van der Waals surface area contributed by atoms with Crippen LogP contribution < -0.4 is 5.32 Å². The number of hydrogen-bond donors (Lipinski definition) is 1. The molecule has 0 amide bonds. The third-order valence-electron chi connectivity index (χ3n) is 1.90. The quantitative estimate of drug-likeness (QED) is 0.533. The summed E-state index contributed by atoms with van der Waals surface area (Å²) in [5.41, 5.74) is -0.273. The van der Waals surface area contributed by atoms with E-state index in [1.54, 1.807) is 0 Å². The Morgan fingerprint density at radius 3 is 2.33 bits per heavy atom. The van der Waals surface area contributed by atoms with Gasteiger partial charge in [0, 0.05) is 0 Å². The molecule has 0 aliphatic carbocycles. The van der Waals surface area contributed by atoms with Crippen LogP contribution in [0.25, 0.3) is 0 Å². The van der Waals surface area contributed by atoms with E-state index in [9.17, 15) is 4.91 Å². The first-order valence-corrected chi connectivity index (χ1v) is 3.32. The Morgan fingerprint density at radius 1 is 1.44 bits per heavy atom. The summed E-state index contributed by atoms with van der Waals surface area (Å²) in [6, 6.07) is 0. The van der Waals surface area contributed by atoms with Crippen molar-refractivity contribution >= 4 is 0 Å². The molecule has 3 nitrogen and oxygen atoms in total. The molecular weight excluding hydrogens is 116 g/mol. The summed E-state index contributed by atoms with van der Waals surface area (Å²) in [4.78, 5) is 10.2. The number of nitrogens with zero attached hydrogens (tertiary/aromatic N) is 1. The topological polar surface area (TPSA) is 41.5 Å². The average molecular weight is 128 g/mol. The lowest BCUT2D eigenvalue weighted by atomic mass is 9.92. The van der Waals surface area contributed by atoms with Crippen LogP contribution >= 0.6 is 0 Å². The lowest BCUT2D eigenvalue weighted by molar-refractivity contribution is 0.338. The minimum atomic E-state index is -0.273. The highest BCUT2D eigenvalue weighted by Crippen LogP contribution is 2.20. The van der Waals surface area contributed by atoms with Crippen molar-refractivity contribution in [2.24, 2.45) is 5.18 Å². The van der Waals surface area contributed by atoms with Crippen LogP contribution in [0.1, 0.15) is 19.8 Å². The minimum Gasteiger partial charge on any atom is -0.317 e. The molecule has 0 aromatic rings. The van der Waals surface area contributed by atoms with Crippen molar-refractivity contribution in [3.8, 4) is 0 Å². The molecule has 52 valence electrons. The highest BCUT2D eigenvalue weighted by Gasteiger charge is 2.26. The third kappa shape index (κ3) is 1.48. The molecule has 0 aromatic heterocycles. The highest BCUT2D eigenvalue weighted by molar-refractivity contribution is 4.87. The first kappa shape index (κ1) is 6.68. The van der Waals surface area contributed by atoms with Gasteiger partial charge in [-0.3, -0.25) is 0 Å². The summed E-state index contributed by atoms with van der Waals surface area (Å²) >= 11 is 0. The molecule has 3 heteroatoms. The minimum absolute atomic E-state index is 0.273. The normalized spacial score (nSPS) is 25.4. The molecule has 1 N–H and O–H groups in total. The van der Waals surface area contributed by atoms with E-state index in [0.717, 1.165) is 25.9 Å². The van der Waals surface area contributed by atoms with Crippen molar-refractivity contribution in [1.29, 1.82) is 0 Å². The monoisotopic (exact) mass is 128 g/mol. The van der Waals surface area contributed by atoms with E-state index >= 15 is 0 Å². The Morgan fingerprint density at radius 2 is 2.00 bits per heavy atom. The predicted molar refractivity (Wildman–Crippen MR) is 36.3 cm³/mol. The van der Waals surface area contributed by atoms with Crippen LogP contribution in [0.5, 0.6) is 0 Å². The van der Waals surface area contributed by atoms with E-state index in [4.69, 9.17) is 0 Å². The smallest absolute Gasteiger partial charge is 0.102 e. The SMILES string of the molecule is CC1(N=O)CCNCC1. The summed E-state index contributed by atoms with van der Waals surface area (Å²) in [6.45, 7) is 3.78. The molecule has 0 radical (unpaired) electrons. The Hall–Kier alpha value is -0.440. The van der Waals surface area contributed by atoms with E-state index in [0.29, 0.717) is 0 Å². The zero-order chi connectivity index (χ0) is 6.74. The molecule has 1 aliphatic rings. The molecule has 0 bridgehead atoms. The Kier molecular flexibility index (Phi) is 1.81. The van der Waals surface area contributed by atoms with Gasteiger partial charge in [0.05, 0.1) is 0 Å². The average Bonchev–Trinajstić information content (AvgIpc) is 1.90. The predicted octanol–water partition coefficient (Wildman–Crippen LogP) is 0.895. The standard InChI is InChI=1S/C6H12N2O/c1-6(8-9)2-4-7-5-3-6/h7H,2-5H2,1H3. The van der Waals surface area contributed by atoms with Crippen LogP contribution in [0.4, 0.5) is 0 Å². The van der Waals surface area contributed by atoms with Crippen LogP contribution in [-0.2, 0) is 0 Å². The summed E-state index contributed by atoms with van der Waals surface area (Å²) < 4.78 is 0. The van der Waals surface area contributed by atoms with Crippen LogP contribution in [0, 0.1) is 4.91 Å². The Balaban J connectivity index is 2.46. The number of hydrogen-bond acceptors (Lipinski definition) is 3. The number of piperidine rings is 1. The van der Waals surface area contributed by atoms with Gasteiger partial charge in [-0.2, -0.15) is 4.91 Å². The molecule has 9 heavy (non-hydrogen) atoms. The number of nitroso groups, excluding NO2 is 1. The second-order valence-corrected chi connectivity index (χ2v) is 2.84. The highest BCUT2D eigenvalue weighted by atomic mass is 16.3. The van der Waals surface area contributed by atoms with Gasteiger partial charge in [-0.1, -0.05) is 5.18 Å². The van der Waals surface area contributed by atoms with Crippen molar-refractivity contribution in [2.45, 2.75) is 25.3 Å². The van der Waals surface area contributed by atoms with Gasteiger partial charge in [0.25, 0.3) is 0 Å². The van der Waals surface area contributed by atoms with Crippen molar-refractivity contribution in [3.05, 3.63) is 4.91 Å². The lowest BCUT2D eigenvalue weighted by Crippen LogP contribution is -2.37. The molecule has 0 saturated carbocycles. The zero-order valence-corrected chi connectivity index (χ0v) is 5.68. The van der Waals surface area contributed by atoms with Gasteiger partial charge < -0.3 is 5.32 Å². The van der Waals surface area contributed by atoms with Gasteiger partial charge in [-0.15, -0.1) is 0 Å². The van der Waals surface area contributed by atoms with Gasteiger partial charge in [-0.05, 0) is 32.9 Å². The summed E-state index contributed by atoms with van der Waals surface area (Å²) in [7, 11) is 0. The fourth-order valence-corrected chi connectivity index (χ4v) is 1.06. The van der Waals surface area contributed by atoms with Gasteiger partial charge in [0.15, 0.2) is 0 Å². The Bertz CT molecular complexity index is 108. The maximum absolute atomic E-state index is 10.2. The molecule has 0 unspecified atom stereocenters. The van der Waals surface area contributed by atoms with Gasteiger partial charge >= 0.3 is 0 Å². The van der Waals surface area contributed by atoms with E-state index in [-0.39, 0.29) is 5.54 Å². The van der Waals surface area contributed by atoms with Crippen molar-refractivity contribution in [2.75, 3.05) is 13.1 Å². The summed E-state index contributed by atoms with van der Waals surface area (Å²) in [5, 5.41) is 6.26. The third-order valence-corrected chi connectivity index (χ3v) is 1.90. The molecule has 0 spiro atoms. The largest absolute Gasteiger partial charge is 0.317 e. The van der Waals surface area contributed by atoms with Crippen molar-refractivity contribution in [1.82, 2.24) is 5.32 Å². The van der Waals surface area contributed by atoms with E-state index in [1.165, 1.54) is 0 Å². The summed E-state index contributed by atoms with van der Waals surface area (Å²) in [5.74, 6) is 0. The maximum atomic E-state index is 10.2. The second-order valence-electron chi connectivity index (χ2n) is 2.84. The van der Waals surface area contributed by atoms with Gasteiger partial charge in [-0.25, -0.2) is 0 Å². The number of rotatable bonds is 1. The van der Waals surface area contributed by atoms with Crippen molar-refractivity contribution < 1.29 is 0 Å². The fourth-order valence-electron chi connectivity index (χ4n) is 1.06. The zero-order valence-electron chi connectivity index (χ0n) is 5.68. The van der Waals surface area contributed by atoms with E-state index < -0.39 is 0 Å². The van der Waals surface area contributed by atoms with Gasteiger partial charge in [0.2, 0.25) is 0 Å². The van der Waals surface area contributed by atoms with Gasteiger partial charge in [0.1, 0.15) is 5.54 Å². The molecule has 1 fully saturated rings. The lowest BCUT2D eigenvalue weighted by Gasteiger charge is -2.26. The first-order valence-electron chi connectivity index (χ1n) is 3.32. The fraction of sp³-hybridized carbons (Fsp3) is 1.00. The summed E-state index contributed by atoms with van der Waals surface area (Å²) in [6.07, 6.45) is 1.77. The van der Waals surface area contributed by atoms with Crippen LogP contribution in [-0.4, -0.2) is 18.6 Å². The molecular formula is C6H12N2O. The first-order chi connectivity index (χ1) is 4.27. The Labute approximate surface area is 54.8 Å². The molecule has 1 aliphatic heterocycles. The second kappa shape index (κ2) is 2.43. The van der Waals surface area contributed by atoms with Crippen molar-refractivity contribution in [3.63, 3.8) is 0 Å². The van der Waals surface area contributed by atoms with Crippen LogP contribution in [0.15, 0.2) is 5.18 Å². The van der Waals surface area contributed by atoms with Crippen LogP contribution in [0.3, 0.4) is 0 Å². The van der Waals surface area contributed by atoms with E-state index in [1.807, 2.05) is 6.92 Å². The van der Waals surface area contributed by atoms with Crippen LogP contribution in [0.2, 0.25) is 0 Å².